The fourth-order valence-electron chi connectivity index (χ4n) is 1.40. The van der Waals surface area contributed by atoms with Crippen molar-refractivity contribution < 1.29 is 0 Å². The van der Waals surface area contributed by atoms with Crippen LogP contribution in [0.5, 0.6) is 0 Å². The Morgan fingerprint density at radius 2 is 1.60 bits per heavy atom. The number of allylic oxidation sites excluding steroid dienone is 1. The normalized spacial score (nSPS) is 12.1. The molecule has 0 fully saturated rings. The molecule has 0 unspecified atom stereocenters. The molecule has 1 aliphatic rings. The highest BCUT2D eigenvalue weighted by Gasteiger charge is 2.08. The summed E-state index contributed by atoms with van der Waals surface area (Å²) in [6, 6.07) is 8.38. The third-order valence-corrected chi connectivity index (χ3v) is 2.02. The van der Waals surface area contributed by atoms with Gasteiger partial charge in [-0.1, -0.05) is 52.5 Å². The molecule has 1 heteroatoms. The number of nitrogens with one attached hydrogen (secondary N) is 1. The first-order chi connectivity index (χ1) is 7.36. The minimum atomic E-state index is 1.07. The van der Waals surface area contributed by atoms with Gasteiger partial charge in [0.1, 0.15) is 0 Å². The van der Waals surface area contributed by atoms with E-state index >= 15 is 0 Å². The number of hydrogen-bond donors (Lipinski definition) is 1. The largest absolute Gasteiger partial charge is 0.359 e. The van der Waals surface area contributed by atoms with Gasteiger partial charge in [-0.05, 0) is 24.5 Å². The van der Waals surface area contributed by atoms with Crippen molar-refractivity contribution >= 4 is 5.69 Å². The standard InChI is InChI=1S/C10H11N.2C2H6/c1-8-6-7-9-4-2-3-5-10(9)11-8;2*1-2/h2-5,11H,1,6-7H2;2*1-2H3. The first kappa shape index (κ1) is 13.8. The molecule has 1 heterocycles. The van der Waals surface area contributed by atoms with Crippen molar-refractivity contribution in [2.45, 2.75) is 40.5 Å². The van der Waals surface area contributed by atoms with Gasteiger partial charge in [0, 0.05) is 11.4 Å². The van der Waals surface area contributed by atoms with E-state index < -0.39 is 0 Å². The highest BCUT2D eigenvalue weighted by atomic mass is 14.9. The van der Waals surface area contributed by atoms with Gasteiger partial charge in [-0.25, -0.2) is 0 Å². The number of aryl methyl sites for hydroxylation is 1. The Morgan fingerprint density at radius 3 is 2.27 bits per heavy atom. The van der Waals surface area contributed by atoms with Gasteiger partial charge in [0.15, 0.2) is 0 Å². The number of anilines is 1. The van der Waals surface area contributed by atoms with Crippen LogP contribution in [0.4, 0.5) is 5.69 Å². The van der Waals surface area contributed by atoms with Crippen molar-refractivity contribution in [2.24, 2.45) is 0 Å². The van der Waals surface area contributed by atoms with Crippen molar-refractivity contribution in [1.29, 1.82) is 0 Å². The van der Waals surface area contributed by atoms with Crippen molar-refractivity contribution in [3.8, 4) is 0 Å². The number of hydrogen-bond acceptors (Lipinski definition) is 1. The van der Waals surface area contributed by atoms with Gasteiger partial charge in [0.05, 0.1) is 0 Å². The molecule has 1 aromatic rings. The van der Waals surface area contributed by atoms with Crippen molar-refractivity contribution in [2.75, 3.05) is 5.32 Å². The summed E-state index contributed by atoms with van der Waals surface area (Å²) in [7, 11) is 0. The monoisotopic (exact) mass is 205 g/mol. The lowest BCUT2D eigenvalue weighted by molar-refractivity contribution is 0.919. The molecule has 0 saturated carbocycles. The number of rotatable bonds is 0. The molecule has 0 radical (unpaired) electrons. The Kier molecular flexibility index (Phi) is 7.43. The van der Waals surface area contributed by atoms with Crippen molar-refractivity contribution in [3.05, 3.63) is 42.1 Å². The lowest BCUT2D eigenvalue weighted by atomic mass is 10.0. The fraction of sp³-hybridized carbons (Fsp3) is 0.429. The van der Waals surface area contributed by atoms with Crippen LogP contribution < -0.4 is 5.32 Å². The van der Waals surface area contributed by atoms with Gasteiger partial charge in [0.25, 0.3) is 0 Å². The fourth-order valence-corrected chi connectivity index (χ4v) is 1.40. The van der Waals surface area contributed by atoms with E-state index in [-0.39, 0.29) is 0 Å². The second kappa shape index (κ2) is 8.10. The molecule has 0 bridgehead atoms. The first-order valence-electron chi connectivity index (χ1n) is 5.89. The maximum absolute atomic E-state index is 3.90. The quantitative estimate of drug-likeness (QED) is 0.652. The van der Waals surface area contributed by atoms with E-state index in [1.54, 1.807) is 0 Å². The molecule has 1 aromatic carbocycles. The minimum Gasteiger partial charge on any atom is -0.359 e. The van der Waals surface area contributed by atoms with Crippen LogP contribution in [0.3, 0.4) is 0 Å². The molecule has 0 aromatic heterocycles. The SMILES string of the molecule is C=C1CCc2ccccc2N1.CC.CC. The second-order valence-corrected chi connectivity index (χ2v) is 2.89. The highest BCUT2D eigenvalue weighted by molar-refractivity contribution is 5.57. The maximum Gasteiger partial charge on any atom is 0.0414 e. The smallest absolute Gasteiger partial charge is 0.0414 e. The van der Waals surface area contributed by atoms with Crippen molar-refractivity contribution in [1.82, 2.24) is 0 Å². The third-order valence-electron chi connectivity index (χ3n) is 2.02. The van der Waals surface area contributed by atoms with Crippen molar-refractivity contribution in [3.63, 3.8) is 0 Å². The molecule has 1 nitrogen and oxygen atoms in total. The number of benzene rings is 1. The second-order valence-electron chi connectivity index (χ2n) is 2.89. The Labute approximate surface area is 94.2 Å². The third kappa shape index (κ3) is 4.20. The summed E-state index contributed by atoms with van der Waals surface area (Å²) < 4.78 is 0. The van der Waals surface area contributed by atoms with Crippen LogP contribution in [-0.4, -0.2) is 0 Å². The van der Waals surface area contributed by atoms with Crippen LogP contribution in [0.1, 0.15) is 39.7 Å². The molecule has 0 aliphatic carbocycles. The van der Waals surface area contributed by atoms with E-state index in [0.717, 1.165) is 18.5 Å². The Morgan fingerprint density at radius 1 is 1.00 bits per heavy atom. The molecule has 1 N–H and O–H groups in total. The highest BCUT2D eigenvalue weighted by Crippen LogP contribution is 2.24. The van der Waals surface area contributed by atoms with Gasteiger partial charge < -0.3 is 5.32 Å². The van der Waals surface area contributed by atoms with E-state index in [1.165, 1.54) is 11.3 Å². The topological polar surface area (TPSA) is 12.0 Å². The van der Waals surface area contributed by atoms with E-state index in [4.69, 9.17) is 0 Å². The van der Waals surface area contributed by atoms with Gasteiger partial charge in [0.2, 0.25) is 0 Å². The lowest BCUT2D eigenvalue weighted by Crippen LogP contribution is -2.08. The summed E-state index contributed by atoms with van der Waals surface area (Å²) >= 11 is 0. The number of fused-ring (bicyclic) bond motifs is 1. The van der Waals surface area contributed by atoms with Gasteiger partial charge in [-0.2, -0.15) is 0 Å². The molecule has 0 atom stereocenters. The maximum atomic E-state index is 3.90. The summed E-state index contributed by atoms with van der Waals surface area (Å²) in [6.45, 7) is 11.9. The van der Waals surface area contributed by atoms with Crippen LogP contribution >= 0.6 is 0 Å². The summed E-state index contributed by atoms with van der Waals surface area (Å²) in [5, 5.41) is 3.27. The molecule has 0 amide bonds. The van der Waals surface area contributed by atoms with Gasteiger partial charge >= 0.3 is 0 Å². The Balaban J connectivity index is 0.000000442. The predicted octanol–water partition coefficient (Wildman–Crippen LogP) is 4.61. The molecule has 84 valence electrons. The summed E-state index contributed by atoms with van der Waals surface area (Å²) in [6.07, 6.45) is 2.19. The predicted molar refractivity (Wildman–Crippen MR) is 70.2 cm³/mol. The zero-order valence-corrected chi connectivity index (χ0v) is 10.4. The van der Waals surface area contributed by atoms with E-state index in [2.05, 4.69) is 30.1 Å². The molecule has 15 heavy (non-hydrogen) atoms. The van der Waals surface area contributed by atoms with Gasteiger partial charge in [-0.3, -0.25) is 0 Å². The lowest BCUT2D eigenvalue weighted by Gasteiger charge is -2.19. The van der Waals surface area contributed by atoms with Crippen LogP contribution in [0.25, 0.3) is 0 Å². The van der Waals surface area contributed by atoms with E-state index in [9.17, 15) is 0 Å². The van der Waals surface area contributed by atoms with Gasteiger partial charge in [-0.15, -0.1) is 0 Å². The molecular weight excluding hydrogens is 182 g/mol. The molecule has 2 rings (SSSR count). The summed E-state index contributed by atoms with van der Waals surface area (Å²) in [4.78, 5) is 0. The van der Waals surface area contributed by atoms with Crippen LogP contribution in [0, 0.1) is 0 Å². The summed E-state index contributed by atoms with van der Waals surface area (Å²) in [5.41, 5.74) is 3.76. The van der Waals surface area contributed by atoms with E-state index in [1.807, 2.05) is 33.8 Å². The first-order valence-corrected chi connectivity index (χ1v) is 5.89. The number of para-hydroxylation sites is 1. The average Bonchev–Trinajstić information content (AvgIpc) is 2.34. The molecule has 0 spiro atoms. The zero-order valence-electron chi connectivity index (χ0n) is 10.4. The zero-order chi connectivity index (χ0) is 11.7. The van der Waals surface area contributed by atoms with Crippen LogP contribution in [0.2, 0.25) is 0 Å². The minimum absolute atomic E-state index is 1.07. The Hall–Kier alpha value is -1.24. The van der Waals surface area contributed by atoms with Crippen LogP contribution in [0.15, 0.2) is 36.5 Å². The summed E-state index contributed by atoms with van der Waals surface area (Å²) in [5.74, 6) is 0. The molecular formula is C14H23N. The van der Waals surface area contributed by atoms with Crippen LogP contribution in [-0.2, 0) is 6.42 Å². The Bertz CT molecular complexity index is 289. The molecule has 0 saturated heterocycles. The average molecular weight is 205 g/mol. The molecule has 1 aliphatic heterocycles. The van der Waals surface area contributed by atoms with E-state index in [0.29, 0.717) is 0 Å².